The van der Waals surface area contributed by atoms with Gasteiger partial charge in [0.2, 0.25) is 5.91 Å². The van der Waals surface area contributed by atoms with Crippen molar-refractivity contribution in [2.24, 2.45) is 5.41 Å². The fourth-order valence-electron chi connectivity index (χ4n) is 1.98. The first kappa shape index (κ1) is 14.7. The molecule has 0 aliphatic heterocycles. The summed E-state index contributed by atoms with van der Waals surface area (Å²) in [5.41, 5.74) is 0.135. The van der Waals surface area contributed by atoms with Crippen LogP contribution in [0.15, 0.2) is 24.3 Å². The Morgan fingerprint density at radius 3 is 2.42 bits per heavy atom. The molecular formula is C15H17N3O. The van der Waals surface area contributed by atoms with Crippen molar-refractivity contribution < 1.29 is 4.79 Å². The maximum absolute atomic E-state index is 12.5. The lowest BCUT2D eigenvalue weighted by Crippen LogP contribution is -2.40. The maximum Gasteiger partial charge on any atom is 0.247 e. The van der Waals surface area contributed by atoms with Gasteiger partial charge in [-0.1, -0.05) is 19.9 Å². The predicted molar refractivity (Wildman–Crippen MR) is 73.2 cm³/mol. The molecule has 0 spiro atoms. The molecule has 19 heavy (non-hydrogen) atoms. The van der Waals surface area contributed by atoms with Gasteiger partial charge in [-0.15, -0.1) is 0 Å². The van der Waals surface area contributed by atoms with Crippen LogP contribution >= 0.6 is 0 Å². The zero-order valence-corrected chi connectivity index (χ0v) is 11.5. The third kappa shape index (κ3) is 2.74. The largest absolute Gasteiger partial charge is 0.314 e. The van der Waals surface area contributed by atoms with Crippen LogP contribution in [0.2, 0.25) is 0 Å². The Morgan fingerprint density at radius 1 is 1.32 bits per heavy atom. The second kappa shape index (κ2) is 6.02. The predicted octanol–water partition coefficient (Wildman–Crippen LogP) is 2.85. The molecule has 0 aliphatic rings. The van der Waals surface area contributed by atoms with E-state index in [0.717, 1.165) is 0 Å². The molecule has 0 N–H and O–H groups in total. The number of hydrogen-bond donors (Lipinski definition) is 0. The van der Waals surface area contributed by atoms with Crippen molar-refractivity contribution >= 4 is 11.6 Å². The van der Waals surface area contributed by atoms with Gasteiger partial charge in [-0.05, 0) is 31.0 Å². The molecule has 4 nitrogen and oxygen atoms in total. The second-order valence-corrected chi connectivity index (χ2v) is 4.43. The van der Waals surface area contributed by atoms with Crippen LogP contribution in [-0.4, -0.2) is 13.0 Å². The number of anilines is 1. The molecule has 4 heteroatoms. The molecule has 0 saturated heterocycles. The van der Waals surface area contributed by atoms with E-state index in [1.807, 2.05) is 19.9 Å². The van der Waals surface area contributed by atoms with Gasteiger partial charge in [-0.25, -0.2) is 0 Å². The second-order valence-electron chi connectivity index (χ2n) is 4.43. The van der Waals surface area contributed by atoms with E-state index >= 15 is 0 Å². The number of nitrogens with zero attached hydrogens (tertiary/aromatic N) is 3. The Balaban J connectivity index is 3.13. The molecule has 0 radical (unpaired) electrons. The third-order valence-electron chi connectivity index (χ3n) is 3.50. The van der Waals surface area contributed by atoms with Gasteiger partial charge >= 0.3 is 0 Å². The minimum atomic E-state index is -0.989. The molecule has 0 fully saturated rings. The summed E-state index contributed by atoms with van der Waals surface area (Å²) < 4.78 is 0. The van der Waals surface area contributed by atoms with E-state index in [1.54, 1.807) is 31.3 Å². The molecule has 1 aromatic rings. The first-order chi connectivity index (χ1) is 9.04. The summed E-state index contributed by atoms with van der Waals surface area (Å²) in [7, 11) is 1.64. The summed E-state index contributed by atoms with van der Waals surface area (Å²) in [6, 6.07) is 11.0. The van der Waals surface area contributed by atoms with E-state index in [1.165, 1.54) is 4.90 Å². The van der Waals surface area contributed by atoms with E-state index < -0.39 is 5.41 Å². The minimum Gasteiger partial charge on any atom is -0.314 e. The number of rotatable bonds is 4. The van der Waals surface area contributed by atoms with E-state index in [0.29, 0.717) is 24.1 Å². The van der Waals surface area contributed by atoms with Gasteiger partial charge < -0.3 is 4.90 Å². The van der Waals surface area contributed by atoms with Crippen LogP contribution < -0.4 is 4.90 Å². The molecule has 0 aliphatic carbocycles. The molecule has 0 unspecified atom stereocenters. The van der Waals surface area contributed by atoms with Crippen LogP contribution in [-0.2, 0) is 4.79 Å². The molecule has 0 saturated carbocycles. The molecule has 0 bridgehead atoms. The molecule has 0 aromatic heterocycles. The van der Waals surface area contributed by atoms with Crippen molar-refractivity contribution in [3.8, 4) is 12.1 Å². The van der Waals surface area contributed by atoms with Crippen LogP contribution in [0.1, 0.15) is 32.3 Å². The monoisotopic (exact) mass is 255 g/mol. The summed E-state index contributed by atoms with van der Waals surface area (Å²) in [5, 5.41) is 18.2. The van der Waals surface area contributed by atoms with E-state index in [2.05, 4.69) is 6.07 Å². The van der Waals surface area contributed by atoms with Gasteiger partial charge in [-0.2, -0.15) is 10.5 Å². The first-order valence-corrected chi connectivity index (χ1v) is 6.24. The van der Waals surface area contributed by atoms with Gasteiger partial charge in [0.15, 0.2) is 0 Å². The van der Waals surface area contributed by atoms with Crippen LogP contribution in [0.5, 0.6) is 0 Å². The summed E-state index contributed by atoms with van der Waals surface area (Å²) in [6.07, 6.45) is 0.947. The van der Waals surface area contributed by atoms with Crippen molar-refractivity contribution in [3.05, 3.63) is 29.8 Å². The topological polar surface area (TPSA) is 67.9 Å². The molecular weight excluding hydrogens is 238 g/mol. The Hall–Kier alpha value is -2.33. The van der Waals surface area contributed by atoms with Crippen molar-refractivity contribution in [3.63, 3.8) is 0 Å². The summed E-state index contributed by atoms with van der Waals surface area (Å²) >= 11 is 0. The summed E-state index contributed by atoms with van der Waals surface area (Å²) in [6.45, 7) is 3.67. The fraction of sp³-hybridized carbons (Fsp3) is 0.400. The van der Waals surface area contributed by atoms with E-state index in [4.69, 9.17) is 5.26 Å². The minimum absolute atomic E-state index is 0.227. The van der Waals surface area contributed by atoms with Crippen molar-refractivity contribution in [1.82, 2.24) is 0 Å². The van der Waals surface area contributed by atoms with E-state index in [9.17, 15) is 10.1 Å². The zero-order valence-electron chi connectivity index (χ0n) is 11.5. The number of carbonyl (C=O) groups is 1. The first-order valence-electron chi connectivity index (χ1n) is 6.24. The molecule has 1 aromatic carbocycles. The lowest BCUT2D eigenvalue weighted by Gasteiger charge is -2.28. The van der Waals surface area contributed by atoms with Crippen LogP contribution in [0.25, 0.3) is 0 Å². The van der Waals surface area contributed by atoms with E-state index in [-0.39, 0.29) is 5.91 Å². The van der Waals surface area contributed by atoms with Gasteiger partial charge in [0.1, 0.15) is 5.41 Å². The summed E-state index contributed by atoms with van der Waals surface area (Å²) in [5.74, 6) is -0.227. The smallest absolute Gasteiger partial charge is 0.247 e. The summed E-state index contributed by atoms with van der Waals surface area (Å²) in [4.78, 5) is 13.9. The Bertz CT molecular complexity index is 547. The molecule has 0 atom stereocenters. The Labute approximate surface area is 113 Å². The van der Waals surface area contributed by atoms with Crippen LogP contribution in [0.4, 0.5) is 5.69 Å². The highest BCUT2D eigenvalue weighted by atomic mass is 16.2. The zero-order chi connectivity index (χ0) is 14.5. The lowest BCUT2D eigenvalue weighted by molar-refractivity contribution is -0.125. The van der Waals surface area contributed by atoms with Crippen molar-refractivity contribution in [1.29, 1.82) is 10.5 Å². The normalized spacial score (nSPS) is 10.4. The Kier molecular flexibility index (Phi) is 4.67. The average molecular weight is 255 g/mol. The Morgan fingerprint density at radius 2 is 1.95 bits per heavy atom. The molecule has 0 heterocycles. The highest BCUT2D eigenvalue weighted by molar-refractivity contribution is 5.99. The highest BCUT2D eigenvalue weighted by Crippen LogP contribution is 2.30. The van der Waals surface area contributed by atoms with Gasteiger partial charge in [0, 0.05) is 12.7 Å². The highest BCUT2D eigenvalue weighted by Gasteiger charge is 2.37. The standard InChI is InChI=1S/C15H17N3O/c1-4-15(5-2,11-17)14(19)18(3)13-8-6-7-12(9-13)10-16/h6-9H,4-5H2,1-3H3. The SMILES string of the molecule is CCC(C#N)(CC)C(=O)N(C)c1cccc(C#N)c1. The van der Waals surface area contributed by atoms with Crippen LogP contribution in [0, 0.1) is 28.1 Å². The van der Waals surface area contributed by atoms with Crippen LogP contribution in [0.3, 0.4) is 0 Å². The molecule has 98 valence electrons. The number of nitriles is 2. The number of amides is 1. The number of carbonyl (C=O) groups excluding carboxylic acids is 1. The molecule has 1 rings (SSSR count). The third-order valence-corrected chi connectivity index (χ3v) is 3.50. The lowest BCUT2D eigenvalue weighted by atomic mass is 9.82. The number of benzene rings is 1. The van der Waals surface area contributed by atoms with Gasteiger partial charge in [-0.3, -0.25) is 4.79 Å². The van der Waals surface area contributed by atoms with Crippen molar-refractivity contribution in [2.75, 3.05) is 11.9 Å². The van der Waals surface area contributed by atoms with Gasteiger partial charge in [0.25, 0.3) is 0 Å². The quantitative estimate of drug-likeness (QED) is 0.830. The number of hydrogen-bond acceptors (Lipinski definition) is 3. The molecule has 1 amide bonds. The maximum atomic E-state index is 12.5. The average Bonchev–Trinajstić information content (AvgIpc) is 2.48. The van der Waals surface area contributed by atoms with Crippen molar-refractivity contribution in [2.45, 2.75) is 26.7 Å². The van der Waals surface area contributed by atoms with Gasteiger partial charge in [0.05, 0.1) is 17.7 Å². The fourth-order valence-corrected chi connectivity index (χ4v) is 1.98.